The van der Waals surface area contributed by atoms with E-state index in [0.717, 1.165) is 18.4 Å². The number of rotatable bonds is 11. The molecule has 6 nitrogen and oxygen atoms in total. The number of amides is 1. The van der Waals surface area contributed by atoms with Crippen molar-refractivity contribution in [2.24, 2.45) is 0 Å². The van der Waals surface area contributed by atoms with Crippen molar-refractivity contribution in [3.8, 4) is 11.5 Å². The number of unbranched alkanes of at least 4 members (excludes halogenated alkanes) is 3. The van der Waals surface area contributed by atoms with Gasteiger partial charge in [0.2, 0.25) is 5.91 Å². The lowest BCUT2D eigenvalue weighted by Gasteiger charge is -2.11. The van der Waals surface area contributed by atoms with Crippen LogP contribution in [0.3, 0.4) is 0 Å². The third-order valence-corrected chi connectivity index (χ3v) is 3.28. The second kappa shape index (κ2) is 11.1. The number of nitrogens with one attached hydrogen (secondary N) is 1. The average molecular weight is 335 g/mol. The van der Waals surface area contributed by atoms with E-state index in [1.165, 1.54) is 18.9 Å². The van der Waals surface area contributed by atoms with Gasteiger partial charge in [0.25, 0.3) is 0 Å². The fourth-order valence-electron chi connectivity index (χ4n) is 2.01. The Morgan fingerprint density at radius 3 is 2.67 bits per heavy atom. The van der Waals surface area contributed by atoms with E-state index >= 15 is 0 Å². The molecule has 132 valence electrons. The van der Waals surface area contributed by atoms with Gasteiger partial charge in [-0.25, -0.2) is 0 Å². The van der Waals surface area contributed by atoms with Gasteiger partial charge in [-0.2, -0.15) is 0 Å². The summed E-state index contributed by atoms with van der Waals surface area (Å²) in [6.45, 7) is 2.40. The lowest BCUT2D eigenvalue weighted by atomic mass is 10.2. The monoisotopic (exact) mass is 335 g/mol. The normalized spacial score (nSPS) is 10.6. The van der Waals surface area contributed by atoms with Gasteiger partial charge in [-0.1, -0.05) is 32.3 Å². The van der Waals surface area contributed by atoms with Gasteiger partial charge in [0.1, 0.15) is 6.54 Å². The molecule has 0 aromatic heterocycles. The fraction of sp³-hybridized carbons (Fsp3) is 0.444. The SMILES string of the molecule is CCCCCCOc1ccc(/C=C/C(=O)NCC(=O)O)cc1OC. The number of benzene rings is 1. The van der Waals surface area contributed by atoms with E-state index < -0.39 is 18.4 Å². The van der Waals surface area contributed by atoms with Crippen molar-refractivity contribution in [3.05, 3.63) is 29.8 Å². The average Bonchev–Trinajstić information content (AvgIpc) is 2.58. The molecule has 0 atom stereocenters. The third kappa shape index (κ3) is 7.67. The second-order valence-electron chi connectivity index (χ2n) is 5.26. The van der Waals surface area contributed by atoms with E-state index in [4.69, 9.17) is 14.6 Å². The molecule has 0 aliphatic heterocycles. The molecule has 0 heterocycles. The van der Waals surface area contributed by atoms with Crippen LogP contribution < -0.4 is 14.8 Å². The van der Waals surface area contributed by atoms with Crippen LogP contribution in [-0.2, 0) is 9.59 Å². The molecule has 0 aliphatic carbocycles. The first-order chi connectivity index (χ1) is 11.6. The summed E-state index contributed by atoms with van der Waals surface area (Å²) >= 11 is 0. The summed E-state index contributed by atoms with van der Waals surface area (Å²) in [5.41, 5.74) is 0.760. The zero-order valence-electron chi connectivity index (χ0n) is 14.2. The van der Waals surface area contributed by atoms with Gasteiger partial charge in [0.15, 0.2) is 11.5 Å². The summed E-state index contributed by atoms with van der Waals surface area (Å²) in [6, 6.07) is 5.38. The van der Waals surface area contributed by atoms with Crippen LogP contribution >= 0.6 is 0 Å². The predicted octanol–water partition coefficient (Wildman–Crippen LogP) is 2.87. The van der Waals surface area contributed by atoms with Gasteiger partial charge in [0, 0.05) is 6.08 Å². The Balaban J connectivity index is 2.58. The summed E-state index contributed by atoms with van der Waals surface area (Å²) in [5.74, 6) is -0.286. The van der Waals surface area contributed by atoms with Crippen molar-refractivity contribution >= 4 is 18.0 Å². The van der Waals surface area contributed by atoms with Crippen molar-refractivity contribution in [2.75, 3.05) is 20.3 Å². The minimum Gasteiger partial charge on any atom is -0.493 e. The highest BCUT2D eigenvalue weighted by Gasteiger charge is 2.05. The Morgan fingerprint density at radius 1 is 1.21 bits per heavy atom. The highest BCUT2D eigenvalue weighted by molar-refractivity contribution is 5.93. The summed E-state index contributed by atoms with van der Waals surface area (Å²) in [4.78, 5) is 21.8. The summed E-state index contributed by atoms with van der Waals surface area (Å²) in [7, 11) is 1.56. The first-order valence-electron chi connectivity index (χ1n) is 8.05. The Kier molecular flexibility index (Phi) is 9.04. The van der Waals surface area contributed by atoms with Crippen molar-refractivity contribution in [3.63, 3.8) is 0 Å². The topological polar surface area (TPSA) is 84.9 Å². The predicted molar refractivity (Wildman–Crippen MR) is 92.3 cm³/mol. The molecule has 6 heteroatoms. The quantitative estimate of drug-likeness (QED) is 0.480. The number of aliphatic carboxylic acids is 1. The van der Waals surface area contributed by atoms with Crippen LogP contribution in [0.2, 0.25) is 0 Å². The van der Waals surface area contributed by atoms with E-state index in [2.05, 4.69) is 12.2 Å². The molecule has 1 aromatic carbocycles. The fourth-order valence-corrected chi connectivity index (χ4v) is 2.01. The van der Waals surface area contributed by atoms with Gasteiger partial charge in [-0.3, -0.25) is 9.59 Å². The highest BCUT2D eigenvalue weighted by atomic mass is 16.5. The molecule has 0 unspecified atom stereocenters. The van der Waals surface area contributed by atoms with Gasteiger partial charge in [0.05, 0.1) is 13.7 Å². The number of hydrogen-bond acceptors (Lipinski definition) is 4. The minimum atomic E-state index is -1.08. The number of carbonyl (C=O) groups is 2. The molecule has 24 heavy (non-hydrogen) atoms. The lowest BCUT2D eigenvalue weighted by molar-refractivity contribution is -0.137. The zero-order chi connectivity index (χ0) is 17.8. The standard InChI is InChI=1S/C18H25NO5/c1-3-4-5-6-11-24-15-9-7-14(12-16(15)23-2)8-10-17(20)19-13-18(21)22/h7-10,12H,3-6,11,13H2,1-2H3,(H,19,20)(H,21,22)/b10-8+. The number of ether oxygens (including phenoxy) is 2. The number of carboxylic acid groups (broad SMARTS) is 1. The van der Waals surface area contributed by atoms with Crippen LogP contribution in [0, 0.1) is 0 Å². The minimum absolute atomic E-state index is 0.405. The maximum atomic E-state index is 11.5. The first kappa shape index (κ1) is 19.5. The molecule has 0 aliphatic rings. The summed E-state index contributed by atoms with van der Waals surface area (Å²) < 4.78 is 11.0. The van der Waals surface area contributed by atoms with Crippen LogP contribution in [-0.4, -0.2) is 37.2 Å². The maximum Gasteiger partial charge on any atom is 0.322 e. The Morgan fingerprint density at radius 2 is 2.00 bits per heavy atom. The van der Waals surface area contributed by atoms with E-state index in [9.17, 15) is 9.59 Å². The van der Waals surface area contributed by atoms with Crippen LogP contribution in [0.1, 0.15) is 38.2 Å². The van der Waals surface area contributed by atoms with E-state index in [-0.39, 0.29) is 0 Å². The van der Waals surface area contributed by atoms with Crippen LogP contribution in [0.25, 0.3) is 6.08 Å². The Labute approximate surface area is 142 Å². The van der Waals surface area contributed by atoms with Gasteiger partial charge >= 0.3 is 5.97 Å². The van der Waals surface area contributed by atoms with Crippen molar-refractivity contribution in [2.45, 2.75) is 32.6 Å². The zero-order valence-corrected chi connectivity index (χ0v) is 14.2. The van der Waals surface area contributed by atoms with Gasteiger partial charge in [-0.05, 0) is 30.2 Å². The van der Waals surface area contributed by atoms with E-state index in [1.807, 2.05) is 6.07 Å². The van der Waals surface area contributed by atoms with Crippen LogP contribution in [0.15, 0.2) is 24.3 Å². The number of methoxy groups -OCH3 is 1. The molecule has 0 bridgehead atoms. The third-order valence-electron chi connectivity index (χ3n) is 3.28. The molecule has 2 N–H and O–H groups in total. The van der Waals surface area contributed by atoms with Crippen molar-refractivity contribution < 1.29 is 24.2 Å². The molecule has 0 saturated carbocycles. The summed E-state index contributed by atoms with van der Waals surface area (Å²) in [5, 5.41) is 10.8. The molecule has 0 radical (unpaired) electrons. The molecule has 1 aromatic rings. The number of carbonyl (C=O) groups excluding carboxylic acids is 1. The van der Waals surface area contributed by atoms with E-state index in [1.54, 1.807) is 25.3 Å². The molecule has 1 rings (SSSR count). The van der Waals surface area contributed by atoms with Gasteiger partial charge < -0.3 is 19.9 Å². The van der Waals surface area contributed by atoms with E-state index in [0.29, 0.717) is 18.1 Å². The van der Waals surface area contributed by atoms with Crippen molar-refractivity contribution in [1.82, 2.24) is 5.32 Å². The van der Waals surface area contributed by atoms with Crippen molar-refractivity contribution in [1.29, 1.82) is 0 Å². The smallest absolute Gasteiger partial charge is 0.322 e. The lowest BCUT2D eigenvalue weighted by Crippen LogP contribution is -2.27. The first-order valence-corrected chi connectivity index (χ1v) is 8.05. The molecule has 0 fully saturated rings. The Bertz CT molecular complexity index is 569. The number of carboxylic acids is 1. The molecule has 0 spiro atoms. The molecular weight excluding hydrogens is 310 g/mol. The van der Waals surface area contributed by atoms with Gasteiger partial charge in [-0.15, -0.1) is 0 Å². The molecular formula is C18H25NO5. The largest absolute Gasteiger partial charge is 0.493 e. The molecule has 0 saturated heterocycles. The Hall–Kier alpha value is -2.50. The van der Waals surface area contributed by atoms with Crippen LogP contribution in [0.5, 0.6) is 11.5 Å². The number of hydrogen-bond donors (Lipinski definition) is 2. The molecule has 1 amide bonds. The summed E-state index contributed by atoms with van der Waals surface area (Å²) in [6.07, 6.45) is 7.40. The highest BCUT2D eigenvalue weighted by Crippen LogP contribution is 2.28. The maximum absolute atomic E-state index is 11.5. The second-order valence-corrected chi connectivity index (χ2v) is 5.26. The van der Waals surface area contributed by atoms with Crippen LogP contribution in [0.4, 0.5) is 0 Å².